The molecule has 1 saturated heterocycles. The van der Waals surface area contributed by atoms with Crippen LogP contribution in [0.15, 0.2) is 48.7 Å². The summed E-state index contributed by atoms with van der Waals surface area (Å²) in [6.45, 7) is 0. The Morgan fingerprint density at radius 3 is 2.52 bits per heavy atom. The Kier molecular flexibility index (Phi) is 4.28. The molecule has 1 aliphatic carbocycles. The Labute approximate surface area is 149 Å². The minimum atomic E-state index is -0.0774. The van der Waals surface area contributed by atoms with Crippen molar-refractivity contribution in [2.45, 2.75) is 37.6 Å². The number of likely N-dealkylation sites (N-methyl/N-ethyl adjacent to an activating group) is 1. The second-order valence-electron chi connectivity index (χ2n) is 7.03. The summed E-state index contributed by atoms with van der Waals surface area (Å²) in [6, 6.07) is 14.3. The number of fused-ring (bicyclic) bond motifs is 1. The molecule has 2 aromatic rings. The van der Waals surface area contributed by atoms with Crippen LogP contribution in [0.1, 0.15) is 48.4 Å². The molecule has 0 spiro atoms. The van der Waals surface area contributed by atoms with Crippen molar-refractivity contribution in [1.29, 1.82) is 0 Å². The highest BCUT2D eigenvalue weighted by Gasteiger charge is 2.48. The van der Waals surface area contributed by atoms with E-state index < -0.39 is 0 Å². The molecule has 3 nitrogen and oxygen atoms in total. The van der Waals surface area contributed by atoms with E-state index in [0.29, 0.717) is 12.0 Å². The first-order valence-electron chi connectivity index (χ1n) is 9.04. The molecule has 25 heavy (non-hydrogen) atoms. The van der Waals surface area contributed by atoms with Crippen molar-refractivity contribution in [1.82, 2.24) is 9.88 Å². The minimum Gasteiger partial charge on any atom is -0.342 e. The first kappa shape index (κ1) is 15.9. The molecule has 1 saturated carbocycles. The highest BCUT2D eigenvalue weighted by molar-refractivity contribution is 5.86. The Morgan fingerprint density at radius 1 is 1.00 bits per heavy atom. The average molecular weight is 330 g/mol. The van der Waals surface area contributed by atoms with E-state index in [-0.39, 0.29) is 11.8 Å². The van der Waals surface area contributed by atoms with Crippen LogP contribution in [0.2, 0.25) is 0 Å². The molecule has 1 aromatic heterocycles. The number of hydrogen-bond acceptors (Lipinski definition) is 2. The minimum absolute atomic E-state index is 0.0774. The van der Waals surface area contributed by atoms with Gasteiger partial charge in [0.15, 0.2) is 0 Å². The van der Waals surface area contributed by atoms with Gasteiger partial charge in [0.05, 0.1) is 11.6 Å². The summed E-state index contributed by atoms with van der Waals surface area (Å²) >= 11 is 0. The highest BCUT2D eigenvalue weighted by atomic mass is 16.2. The second-order valence-corrected chi connectivity index (χ2v) is 7.03. The molecule has 2 aliphatic rings. The summed E-state index contributed by atoms with van der Waals surface area (Å²) in [5.74, 6) is 6.86. The van der Waals surface area contributed by atoms with Crippen LogP contribution < -0.4 is 0 Å². The quantitative estimate of drug-likeness (QED) is 0.749. The maximum absolute atomic E-state index is 12.7. The standard InChI is InChI=1S/C22H22N2O/c1-24-20-10-6-5-9-18(20)21(22(24)25)19-14-13-17(15-23-19)12-11-16-7-3-2-4-8-16/h2-4,7-8,13-15,18,20-21H,5-6,9-10H2,1H3. The maximum Gasteiger partial charge on any atom is 0.232 e. The van der Waals surface area contributed by atoms with Gasteiger partial charge < -0.3 is 4.90 Å². The summed E-state index contributed by atoms with van der Waals surface area (Å²) < 4.78 is 0. The first-order valence-corrected chi connectivity index (χ1v) is 9.04. The SMILES string of the molecule is CN1C(=O)C(c2ccc(C#Cc3ccccc3)cn2)C2CCCCC21. The van der Waals surface area contributed by atoms with Crippen molar-refractivity contribution >= 4 is 5.91 Å². The molecule has 1 aromatic carbocycles. The summed E-state index contributed by atoms with van der Waals surface area (Å²) in [4.78, 5) is 19.3. The number of carbonyl (C=O) groups is 1. The molecule has 3 atom stereocenters. The molecule has 2 fully saturated rings. The van der Waals surface area contributed by atoms with Gasteiger partial charge in [0.25, 0.3) is 0 Å². The predicted octanol–water partition coefficient (Wildman–Crippen LogP) is 3.60. The third-order valence-electron chi connectivity index (χ3n) is 5.55. The van der Waals surface area contributed by atoms with E-state index in [0.717, 1.165) is 29.7 Å². The number of aromatic nitrogens is 1. The number of benzene rings is 1. The number of nitrogens with zero attached hydrogens (tertiary/aromatic N) is 2. The van der Waals surface area contributed by atoms with Gasteiger partial charge in [-0.1, -0.05) is 42.9 Å². The van der Waals surface area contributed by atoms with E-state index in [1.807, 2.05) is 54.4 Å². The third kappa shape index (κ3) is 3.05. The zero-order chi connectivity index (χ0) is 17.2. The molecule has 0 radical (unpaired) electrons. The van der Waals surface area contributed by atoms with Crippen molar-refractivity contribution in [3.05, 3.63) is 65.5 Å². The lowest BCUT2D eigenvalue weighted by molar-refractivity contribution is -0.128. The summed E-state index contributed by atoms with van der Waals surface area (Å²) in [5, 5.41) is 0. The normalized spacial score (nSPS) is 25.2. The lowest BCUT2D eigenvalue weighted by Crippen LogP contribution is -2.33. The van der Waals surface area contributed by atoms with Gasteiger partial charge in [-0.3, -0.25) is 9.78 Å². The van der Waals surface area contributed by atoms with Crippen molar-refractivity contribution in [2.75, 3.05) is 7.05 Å². The van der Waals surface area contributed by atoms with Crippen LogP contribution in [0, 0.1) is 17.8 Å². The lowest BCUT2D eigenvalue weighted by Gasteiger charge is -2.29. The third-order valence-corrected chi connectivity index (χ3v) is 5.55. The average Bonchev–Trinajstić information content (AvgIpc) is 2.92. The molecule has 126 valence electrons. The summed E-state index contributed by atoms with van der Waals surface area (Å²) in [6.07, 6.45) is 6.51. The first-order chi connectivity index (χ1) is 12.2. The van der Waals surface area contributed by atoms with E-state index in [1.165, 1.54) is 12.8 Å². The van der Waals surface area contributed by atoms with Gasteiger partial charge in [-0.2, -0.15) is 0 Å². The van der Waals surface area contributed by atoms with Gasteiger partial charge in [-0.05, 0) is 43.0 Å². The monoisotopic (exact) mass is 330 g/mol. The van der Waals surface area contributed by atoms with Gasteiger partial charge in [0.1, 0.15) is 0 Å². The summed E-state index contributed by atoms with van der Waals surface area (Å²) in [5.41, 5.74) is 2.77. The molecule has 3 unspecified atom stereocenters. The molecular formula is C22H22N2O. The van der Waals surface area contributed by atoms with E-state index >= 15 is 0 Å². The van der Waals surface area contributed by atoms with Crippen LogP contribution in [-0.2, 0) is 4.79 Å². The summed E-state index contributed by atoms with van der Waals surface area (Å²) in [7, 11) is 1.95. The van der Waals surface area contributed by atoms with Crippen LogP contribution in [-0.4, -0.2) is 28.9 Å². The van der Waals surface area contributed by atoms with Crippen molar-refractivity contribution in [3.8, 4) is 11.8 Å². The molecule has 1 amide bonds. The van der Waals surface area contributed by atoms with Gasteiger partial charge >= 0.3 is 0 Å². The molecule has 0 N–H and O–H groups in total. The molecule has 3 heteroatoms. The van der Waals surface area contributed by atoms with E-state index in [2.05, 4.69) is 16.8 Å². The topological polar surface area (TPSA) is 33.2 Å². The van der Waals surface area contributed by atoms with Gasteiger partial charge in [0.2, 0.25) is 5.91 Å². The molecular weight excluding hydrogens is 308 g/mol. The van der Waals surface area contributed by atoms with E-state index in [4.69, 9.17) is 0 Å². The number of pyridine rings is 1. The number of carbonyl (C=O) groups excluding carboxylic acids is 1. The second kappa shape index (κ2) is 6.72. The number of rotatable bonds is 1. The molecule has 1 aliphatic heterocycles. The van der Waals surface area contributed by atoms with Crippen molar-refractivity contribution in [3.63, 3.8) is 0 Å². The number of amides is 1. The van der Waals surface area contributed by atoms with E-state index in [1.54, 1.807) is 6.20 Å². The highest BCUT2D eigenvalue weighted by Crippen LogP contribution is 2.44. The zero-order valence-corrected chi connectivity index (χ0v) is 14.5. The van der Waals surface area contributed by atoms with Gasteiger partial charge in [0, 0.05) is 30.4 Å². The van der Waals surface area contributed by atoms with Crippen LogP contribution in [0.3, 0.4) is 0 Å². The number of hydrogen-bond donors (Lipinski definition) is 0. The fourth-order valence-electron chi connectivity index (χ4n) is 4.25. The smallest absolute Gasteiger partial charge is 0.232 e. The van der Waals surface area contributed by atoms with Crippen LogP contribution >= 0.6 is 0 Å². The maximum atomic E-state index is 12.7. The van der Waals surface area contributed by atoms with Crippen LogP contribution in [0.25, 0.3) is 0 Å². The Morgan fingerprint density at radius 2 is 1.76 bits per heavy atom. The predicted molar refractivity (Wildman–Crippen MR) is 97.9 cm³/mol. The van der Waals surface area contributed by atoms with Crippen LogP contribution in [0.4, 0.5) is 0 Å². The fourth-order valence-corrected chi connectivity index (χ4v) is 4.25. The Hall–Kier alpha value is -2.60. The molecule has 0 bridgehead atoms. The van der Waals surface area contributed by atoms with Crippen LogP contribution in [0.5, 0.6) is 0 Å². The fraction of sp³-hybridized carbons (Fsp3) is 0.364. The Bertz CT molecular complexity index is 817. The number of likely N-dealkylation sites (tertiary alicyclic amines) is 1. The molecule has 2 heterocycles. The van der Waals surface area contributed by atoms with E-state index in [9.17, 15) is 4.79 Å². The van der Waals surface area contributed by atoms with Gasteiger partial charge in [-0.25, -0.2) is 0 Å². The Balaban J connectivity index is 1.56. The van der Waals surface area contributed by atoms with Crippen molar-refractivity contribution in [2.24, 2.45) is 5.92 Å². The zero-order valence-electron chi connectivity index (χ0n) is 14.5. The molecule has 4 rings (SSSR count). The van der Waals surface area contributed by atoms with Gasteiger partial charge in [-0.15, -0.1) is 0 Å². The van der Waals surface area contributed by atoms with Crippen molar-refractivity contribution < 1.29 is 4.79 Å². The largest absolute Gasteiger partial charge is 0.342 e. The lowest BCUT2D eigenvalue weighted by atomic mass is 9.78.